The number of carbonyl (C=O) groups is 2. The largest absolute Gasteiger partial charge is 0.573 e. The van der Waals surface area contributed by atoms with Crippen LogP contribution in [0.5, 0.6) is 5.75 Å². The van der Waals surface area contributed by atoms with Gasteiger partial charge in [0.1, 0.15) is 11.8 Å². The van der Waals surface area contributed by atoms with Gasteiger partial charge in [-0.25, -0.2) is 0 Å². The van der Waals surface area contributed by atoms with Crippen LogP contribution in [0.4, 0.5) is 13.2 Å². The average molecular weight is 408 g/mol. The van der Waals surface area contributed by atoms with Crippen LogP contribution in [0.1, 0.15) is 35.3 Å². The van der Waals surface area contributed by atoms with E-state index in [1.54, 1.807) is 38.1 Å². The first-order chi connectivity index (χ1) is 13.6. The van der Waals surface area contributed by atoms with Crippen molar-refractivity contribution in [2.45, 2.75) is 39.7 Å². The lowest BCUT2D eigenvalue weighted by Crippen LogP contribution is -2.49. The number of ether oxygens (including phenoxy) is 1. The molecule has 2 aromatic rings. The van der Waals surface area contributed by atoms with Gasteiger partial charge in [0.15, 0.2) is 0 Å². The Morgan fingerprint density at radius 2 is 1.76 bits per heavy atom. The SMILES string of the molecule is Cc1cccc(C(=O)NC(C(=O)NCc2ccccc2OC(F)(F)F)C(C)C)c1. The fourth-order valence-electron chi connectivity index (χ4n) is 2.71. The van der Waals surface area contributed by atoms with Gasteiger partial charge in [0.25, 0.3) is 5.91 Å². The van der Waals surface area contributed by atoms with Crippen LogP contribution >= 0.6 is 0 Å². The summed E-state index contributed by atoms with van der Waals surface area (Å²) in [5, 5.41) is 5.26. The highest BCUT2D eigenvalue weighted by Crippen LogP contribution is 2.26. The number of amides is 2. The van der Waals surface area contributed by atoms with Crippen molar-refractivity contribution in [3.05, 3.63) is 65.2 Å². The molecule has 0 fully saturated rings. The lowest BCUT2D eigenvalue weighted by molar-refractivity contribution is -0.274. The van der Waals surface area contributed by atoms with Gasteiger partial charge in [-0.1, -0.05) is 49.7 Å². The van der Waals surface area contributed by atoms with Crippen molar-refractivity contribution < 1.29 is 27.5 Å². The van der Waals surface area contributed by atoms with Crippen molar-refractivity contribution in [3.8, 4) is 5.75 Å². The number of nitrogens with one attached hydrogen (secondary N) is 2. The van der Waals surface area contributed by atoms with Gasteiger partial charge >= 0.3 is 6.36 Å². The topological polar surface area (TPSA) is 67.4 Å². The van der Waals surface area contributed by atoms with Gasteiger partial charge in [-0.3, -0.25) is 9.59 Å². The maximum Gasteiger partial charge on any atom is 0.573 e. The van der Waals surface area contributed by atoms with Crippen molar-refractivity contribution in [1.82, 2.24) is 10.6 Å². The maximum absolute atomic E-state index is 12.6. The number of para-hydroxylation sites is 1. The second-order valence-corrected chi connectivity index (χ2v) is 6.94. The molecule has 2 amide bonds. The summed E-state index contributed by atoms with van der Waals surface area (Å²) in [5.74, 6) is -1.51. The number of rotatable bonds is 7. The Labute approximate surface area is 167 Å². The third kappa shape index (κ3) is 6.81. The second-order valence-electron chi connectivity index (χ2n) is 6.94. The Morgan fingerprint density at radius 3 is 2.38 bits per heavy atom. The van der Waals surface area contributed by atoms with Crippen LogP contribution in [-0.2, 0) is 11.3 Å². The van der Waals surface area contributed by atoms with Crippen molar-refractivity contribution in [1.29, 1.82) is 0 Å². The summed E-state index contributed by atoms with van der Waals surface area (Å²) in [4.78, 5) is 25.1. The van der Waals surface area contributed by atoms with E-state index in [2.05, 4.69) is 15.4 Å². The number of carbonyl (C=O) groups excluding carboxylic acids is 2. The van der Waals surface area contributed by atoms with E-state index in [4.69, 9.17) is 0 Å². The predicted molar refractivity (Wildman–Crippen MR) is 102 cm³/mol. The van der Waals surface area contributed by atoms with E-state index in [9.17, 15) is 22.8 Å². The lowest BCUT2D eigenvalue weighted by atomic mass is 10.0. The third-order valence-corrected chi connectivity index (χ3v) is 4.17. The quantitative estimate of drug-likeness (QED) is 0.729. The molecule has 29 heavy (non-hydrogen) atoms. The highest BCUT2D eigenvalue weighted by atomic mass is 19.4. The smallest absolute Gasteiger partial charge is 0.405 e. The van der Waals surface area contributed by atoms with E-state index in [1.807, 2.05) is 13.0 Å². The van der Waals surface area contributed by atoms with Crippen LogP contribution in [-0.4, -0.2) is 24.2 Å². The zero-order valence-electron chi connectivity index (χ0n) is 16.3. The number of hydrogen-bond acceptors (Lipinski definition) is 3. The number of hydrogen-bond donors (Lipinski definition) is 2. The Bertz CT molecular complexity index is 866. The summed E-state index contributed by atoms with van der Waals surface area (Å²) >= 11 is 0. The third-order valence-electron chi connectivity index (χ3n) is 4.17. The molecule has 0 radical (unpaired) electrons. The molecule has 5 nitrogen and oxygen atoms in total. The molecule has 0 aromatic heterocycles. The van der Waals surface area contributed by atoms with Gasteiger partial charge in [0.2, 0.25) is 5.91 Å². The Hall–Kier alpha value is -3.03. The van der Waals surface area contributed by atoms with Crippen molar-refractivity contribution in [3.63, 3.8) is 0 Å². The van der Waals surface area contributed by atoms with E-state index >= 15 is 0 Å². The first-order valence-electron chi connectivity index (χ1n) is 9.05. The first kappa shape index (κ1) is 22.3. The monoisotopic (exact) mass is 408 g/mol. The molecule has 156 valence electrons. The standard InChI is InChI=1S/C21H23F3N2O3/c1-13(2)18(26-19(27)15-9-6-7-14(3)11-15)20(28)25-12-16-8-4-5-10-17(16)29-21(22,23)24/h4-11,13,18H,12H2,1-3H3,(H,25,28)(H,26,27). The fraction of sp³-hybridized carbons (Fsp3) is 0.333. The van der Waals surface area contributed by atoms with Crippen LogP contribution in [0.15, 0.2) is 48.5 Å². The van der Waals surface area contributed by atoms with E-state index in [0.29, 0.717) is 5.56 Å². The molecule has 0 bridgehead atoms. The molecular weight excluding hydrogens is 385 g/mol. The molecule has 0 aliphatic heterocycles. The fourth-order valence-corrected chi connectivity index (χ4v) is 2.71. The van der Waals surface area contributed by atoms with Gasteiger partial charge in [-0.15, -0.1) is 13.2 Å². The van der Waals surface area contributed by atoms with E-state index in [0.717, 1.165) is 5.56 Å². The highest BCUT2D eigenvalue weighted by Gasteiger charge is 2.32. The normalized spacial score (nSPS) is 12.4. The summed E-state index contributed by atoms with van der Waals surface area (Å²) in [7, 11) is 0. The molecule has 1 unspecified atom stereocenters. The maximum atomic E-state index is 12.6. The van der Waals surface area contributed by atoms with Crippen LogP contribution in [0.3, 0.4) is 0 Å². The van der Waals surface area contributed by atoms with Crippen LogP contribution in [0, 0.1) is 12.8 Å². The lowest BCUT2D eigenvalue weighted by Gasteiger charge is -2.22. The highest BCUT2D eigenvalue weighted by molar-refractivity contribution is 5.97. The molecule has 2 rings (SSSR count). The molecule has 1 atom stereocenters. The predicted octanol–water partition coefficient (Wildman–Crippen LogP) is 3.96. The zero-order chi connectivity index (χ0) is 21.6. The Kier molecular flexibility index (Phi) is 7.25. The minimum Gasteiger partial charge on any atom is -0.405 e. The molecule has 0 aliphatic rings. The molecule has 0 heterocycles. The number of benzene rings is 2. The second kappa shape index (κ2) is 9.45. The van der Waals surface area contributed by atoms with E-state index in [1.165, 1.54) is 18.2 Å². The van der Waals surface area contributed by atoms with Gasteiger partial charge in [0, 0.05) is 17.7 Å². The van der Waals surface area contributed by atoms with Crippen molar-refractivity contribution >= 4 is 11.8 Å². The number of alkyl halides is 3. The van der Waals surface area contributed by atoms with E-state index < -0.39 is 24.2 Å². The number of aryl methyl sites for hydroxylation is 1. The van der Waals surface area contributed by atoms with Crippen molar-refractivity contribution in [2.75, 3.05) is 0 Å². The molecule has 2 aromatic carbocycles. The Balaban J connectivity index is 2.06. The summed E-state index contributed by atoms with van der Waals surface area (Å²) < 4.78 is 41.6. The average Bonchev–Trinajstić information content (AvgIpc) is 2.63. The summed E-state index contributed by atoms with van der Waals surface area (Å²) in [5.41, 5.74) is 1.50. The van der Waals surface area contributed by atoms with Gasteiger partial charge in [-0.05, 0) is 31.0 Å². The summed E-state index contributed by atoms with van der Waals surface area (Å²) in [6, 6.07) is 11.6. The van der Waals surface area contributed by atoms with Crippen molar-refractivity contribution in [2.24, 2.45) is 5.92 Å². The van der Waals surface area contributed by atoms with Gasteiger partial charge < -0.3 is 15.4 Å². The molecule has 0 saturated carbocycles. The molecule has 8 heteroatoms. The van der Waals surface area contributed by atoms with Gasteiger partial charge in [0.05, 0.1) is 0 Å². The van der Waals surface area contributed by atoms with E-state index in [-0.39, 0.29) is 23.8 Å². The molecular formula is C21H23F3N2O3. The van der Waals surface area contributed by atoms with Gasteiger partial charge in [-0.2, -0.15) is 0 Å². The van der Waals surface area contributed by atoms with Crippen LogP contribution in [0.2, 0.25) is 0 Å². The minimum absolute atomic E-state index is 0.172. The zero-order valence-corrected chi connectivity index (χ0v) is 16.3. The molecule has 0 spiro atoms. The van der Waals surface area contributed by atoms with Crippen LogP contribution in [0.25, 0.3) is 0 Å². The Morgan fingerprint density at radius 1 is 1.07 bits per heavy atom. The minimum atomic E-state index is -4.83. The molecule has 0 aliphatic carbocycles. The first-order valence-corrected chi connectivity index (χ1v) is 9.05. The number of halogens is 3. The molecule has 2 N–H and O–H groups in total. The summed E-state index contributed by atoms with van der Waals surface area (Å²) in [6.07, 6.45) is -4.83. The molecule has 0 saturated heterocycles. The summed E-state index contributed by atoms with van der Waals surface area (Å²) in [6.45, 7) is 5.21. The van der Waals surface area contributed by atoms with Crippen LogP contribution < -0.4 is 15.4 Å².